The van der Waals surface area contributed by atoms with Crippen molar-refractivity contribution in [3.63, 3.8) is 0 Å². The van der Waals surface area contributed by atoms with Gasteiger partial charge in [-0.25, -0.2) is 4.98 Å². The maximum Gasteiger partial charge on any atom is 0.185 e. The maximum absolute atomic E-state index is 9.38. The first-order valence-electron chi connectivity index (χ1n) is 6.15. The Hall–Kier alpha value is -0.260. The van der Waals surface area contributed by atoms with Crippen molar-refractivity contribution < 1.29 is 5.11 Å². The fraction of sp³-hybridized carbons (Fsp3) is 0.750. The van der Waals surface area contributed by atoms with Crippen molar-refractivity contribution in [3.05, 3.63) is 10.6 Å². The maximum atomic E-state index is 9.38. The molecule has 0 aliphatic carbocycles. The van der Waals surface area contributed by atoms with E-state index in [1.807, 2.05) is 11.8 Å². The summed E-state index contributed by atoms with van der Waals surface area (Å²) in [6.45, 7) is 6.57. The zero-order valence-electron chi connectivity index (χ0n) is 10.5. The van der Waals surface area contributed by atoms with Crippen LogP contribution in [0.5, 0.6) is 0 Å². The first-order chi connectivity index (χ1) is 8.22. The quantitative estimate of drug-likeness (QED) is 0.918. The number of anilines is 1. The molecule has 1 aliphatic heterocycles. The Bertz CT molecular complexity index is 357. The number of hydrogen-bond donors (Lipinski definition) is 1. The van der Waals surface area contributed by atoms with E-state index in [4.69, 9.17) is 4.98 Å². The monoisotopic (exact) mass is 272 g/mol. The molecule has 1 N–H and O–H groups in total. The van der Waals surface area contributed by atoms with E-state index in [0.29, 0.717) is 5.92 Å². The largest absolute Gasteiger partial charge is 0.391 e. The van der Waals surface area contributed by atoms with Crippen LogP contribution in [0, 0.1) is 0 Å². The predicted octanol–water partition coefficient (Wildman–Crippen LogP) is 2.70. The average Bonchev–Trinajstić information content (AvgIpc) is 2.57. The van der Waals surface area contributed by atoms with Crippen molar-refractivity contribution in [2.45, 2.75) is 32.8 Å². The van der Waals surface area contributed by atoms with Gasteiger partial charge < -0.3 is 10.0 Å². The molecular weight excluding hydrogens is 252 g/mol. The number of thiazole rings is 1. The van der Waals surface area contributed by atoms with Gasteiger partial charge in [0.15, 0.2) is 5.13 Å². The molecule has 0 amide bonds. The standard InChI is InChI=1S/C12H20N2OS2/c1-9(2)11-10(8-15)17-12(13-11)14-4-3-6-16-7-5-14/h9,15H,3-8H2,1-2H3. The van der Waals surface area contributed by atoms with Crippen molar-refractivity contribution >= 4 is 28.2 Å². The predicted molar refractivity (Wildman–Crippen MR) is 76.3 cm³/mol. The molecule has 1 aliphatic rings. The number of aromatic nitrogens is 1. The second-order valence-electron chi connectivity index (χ2n) is 4.57. The molecule has 2 rings (SSSR count). The van der Waals surface area contributed by atoms with E-state index in [0.717, 1.165) is 28.8 Å². The molecule has 0 radical (unpaired) electrons. The van der Waals surface area contributed by atoms with Crippen molar-refractivity contribution in [2.75, 3.05) is 29.5 Å². The van der Waals surface area contributed by atoms with Crippen LogP contribution in [0.4, 0.5) is 5.13 Å². The molecule has 1 aromatic heterocycles. The molecule has 1 fully saturated rings. The first kappa shape index (κ1) is 13.2. The van der Waals surface area contributed by atoms with Gasteiger partial charge in [0, 0.05) is 18.8 Å². The van der Waals surface area contributed by atoms with Gasteiger partial charge in [-0.05, 0) is 18.1 Å². The number of nitrogens with zero attached hydrogens (tertiary/aromatic N) is 2. The van der Waals surface area contributed by atoms with Gasteiger partial charge in [-0.15, -0.1) is 0 Å². The van der Waals surface area contributed by atoms with Crippen LogP contribution in [0.15, 0.2) is 0 Å². The van der Waals surface area contributed by atoms with E-state index in [9.17, 15) is 5.11 Å². The molecule has 2 heterocycles. The summed E-state index contributed by atoms with van der Waals surface area (Å²) in [5, 5.41) is 10.5. The summed E-state index contributed by atoms with van der Waals surface area (Å²) < 4.78 is 0. The lowest BCUT2D eigenvalue weighted by atomic mass is 10.1. The highest BCUT2D eigenvalue weighted by atomic mass is 32.2. The van der Waals surface area contributed by atoms with E-state index in [-0.39, 0.29) is 6.61 Å². The Morgan fingerprint density at radius 2 is 2.18 bits per heavy atom. The lowest BCUT2D eigenvalue weighted by Crippen LogP contribution is -2.25. The molecular formula is C12H20N2OS2. The Morgan fingerprint density at radius 1 is 1.35 bits per heavy atom. The number of aliphatic hydroxyl groups is 1. The highest BCUT2D eigenvalue weighted by molar-refractivity contribution is 7.99. The van der Waals surface area contributed by atoms with E-state index in [2.05, 4.69) is 18.7 Å². The third kappa shape index (κ3) is 3.14. The molecule has 0 unspecified atom stereocenters. The lowest BCUT2D eigenvalue weighted by molar-refractivity contribution is 0.283. The van der Waals surface area contributed by atoms with Crippen LogP contribution in [-0.2, 0) is 6.61 Å². The smallest absolute Gasteiger partial charge is 0.185 e. The third-order valence-corrected chi connectivity index (χ3v) is 5.06. The summed E-state index contributed by atoms with van der Waals surface area (Å²) in [4.78, 5) is 8.13. The average molecular weight is 272 g/mol. The van der Waals surface area contributed by atoms with Gasteiger partial charge in [0.2, 0.25) is 0 Å². The molecule has 0 saturated carbocycles. The van der Waals surface area contributed by atoms with Crippen molar-refractivity contribution in [1.29, 1.82) is 0 Å². The Labute approximate surface area is 111 Å². The van der Waals surface area contributed by atoms with Crippen LogP contribution in [0.25, 0.3) is 0 Å². The molecule has 0 spiro atoms. The normalized spacial score (nSPS) is 17.5. The Morgan fingerprint density at radius 3 is 2.82 bits per heavy atom. The summed E-state index contributed by atoms with van der Waals surface area (Å²) in [5.74, 6) is 2.83. The third-order valence-electron chi connectivity index (χ3n) is 2.90. The molecule has 0 bridgehead atoms. The number of thioether (sulfide) groups is 1. The van der Waals surface area contributed by atoms with Crippen molar-refractivity contribution in [2.24, 2.45) is 0 Å². The van der Waals surface area contributed by atoms with Gasteiger partial charge in [0.25, 0.3) is 0 Å². The first-order valence-corrected chi connectivity index (χ1v) is 8.12. The highest BCUT2D eigenvalue weighted by Crippen LogP contribution is 2.31. The summed E-state index contributed by atoms with van der Waals surface area (Å²) in [6.07, 6.45) is 1.23. The van der Waals surface area contributed by atoms with Crippen LogP contribution in [0.2, 0.25) is 0 Å². The Kier molecular flexibility index (Phi) is 4.70. The van der Waals surface area contributed by atoms with E-state index >= 15 is 0 Å². The number of rotatable bonds is 3. The van der Waals surface area contributed by atoms with Gasteiger partial charge in [-0.1, -0.05) is 25.2 Å². The Balaban J connectivity index is 2.19. The molecule has 17 heavy (non-hydrogen) atoms. The van der Waals surface area contributed by atoms with Crippen molar-refractivity contribution in [3.8, 4) is 0 Å². The summed E-state index contributed by atoms with van der Waals surface area (Å²) in [6, 6.07) is 0. The van der Waals surface area contributed by atoms with Gasteiger partial charge in [0.1, 0.15) is 0 Å². The summed E-state index contributed by atoms with van der Waals surface area (Å²) in [5.41, 5.74) is 1.07. The van der Waals surface area contributed by atoms with Crippen LogP contribution < -0.4 is 4.90 Å². The molecule has 3 nitrogen and oxygen atoms in total. The van der Waals surface area contributed by atoms with Crippen LogP contribution in [0.1, 0.15) is 36.8 Å². The molecule has 0 aromatic carbocycles. The zero-order valence-corrected chi connectivity index (χ0v) is 12.1. The fourth-order valence-electron chi connectivity index (χ4n) is 1.99. The minimum atomic E-state index is 0.119. The van der Waals surface area contributed by atoms with Crippen LogP contribution in [-0.4, -0.2) is 34.7 Å². The SMILES string of the molecule is CC(C)c1nc(N2CCCSCC2)sc1CO. The second kappa shape index (κ2) is 6.07. The minimum Gasteiger partial charge on any atom is -0.391 e. The summed E-state index contributed by atoms with van der Waals surface area (Å²) >= 11 is 3.68. The molecule has 96 valence electrons. The van der Waals surface area contributed by atoms with E-state index < -0.39 is 0 Å². The number of aliphatic hydroxyl groups excluding tert-OH is 1. The minimum absolute atomic E-state index is 0.119. The number of hydrogen-bond acceptors (Lipinski definition) is 5. The topological polar surface area (TPSA) is 36.4 Å². The fourth-order valence-corrected chi connectivity index (χ4v) is 4.00. The molecule has 0 atom stereocenters. The molecule has 1 saturated heterocycles. The van der Waals surface area contributed by atoms with Gasteiger partial charge >= 0.3 is 0 Å². The van der Waals surface area contributed by atoms with Gasteiger partial charge in [0.05, 0.1) is 17.2 Å². The second-order valence-corrected chi connectivity index (χ2v) is 6.86. The van der Waals surface area contributed by atoms with Crippen LogP contribution >= 0.6 is 23.1 Å². The highest BCUT2D eigenvalue weighted by Gasteiger charge is 2.18. The van der Waals surface area contributed by atoms with Gasteiger partial charge in [-0.2, -0.15) is 11.8 Å². The zero-order chi connectivity index (χ0) is 12.3. The molecule has 1 aromatic rings. The van der Waals surface area contributed by atoms with E-state index in [1.165, 1.54) is 17.9 Å². The molecule has 5 heteroatoms. The van der Waals surface area contributed by atoms with Crippen LogP contribution in [0.3, 0.4) is 0 Å². The lowest BCUT2D eigenvalue weighted by Gasteiger charge is -2.18. The van der Waals surface area contributed by atoms with E-state index in [1.54, 1.807) is 11.3 Å². The van der Waals surface area contributed by atoms with Gasteiger partial charge in [-0.3, -0.25) is 0 Å². The summed E-state index contributed by atoms with van der Waals surface area (Å²) in [7, 11) is 0. The van der Waals surface area contributed by atoms with Crippen molar-refractivity contribution in [1.82, 2.24) is 4.98 Å².